The highest BCUT2D eigenvalue weighted by Crippen LogP contribution is 2.24. The molecule has 73 valence electrons. The first-order valence-electron chi connectivity index (χ1n) is 3.95. The van der Waals surface area contributed by atoms with Gasteiger partial charge in [0.25, 0.3) is 5.89 Å². The Labute approximate surface area is 84.4 Å². The number of rotatable bonds is 2. The van der Waals surface area contributed by atoms with Crippen molar-refractivity contribution in [2.75, 3.05) is 0 Å². The maximum Gasteiger partial charge on any atom is 0.276 e. The fourth-order valence-electron chi connectivity index (χ4n) is 0.849. The lowest BCUT2D eigenvalue weighted by atomic mass is 10.1. The monoisotopic (exact) mass is 210 g/mol. The van der Waals surface area contributed by atoms with Gasteiger partial charge in [-0.15, -0.1) is 21.5 Å². The molecule has 2 aromatic heterocycles. The topological polar surface area (TPSA) is 72.0 Å². The molecule has 2 heterocycles. The van der Waals surface area contributed by atoms with Crippen LogP contribution in [-0.4, -0.2) is 20.3 Å². The smallest absolute Gasteiger partial charge is 0.276 e. The van der Waals surface area contributed by atoms with Crippen LogP contribution in [0, 0.1) is 6.20 Å². The van der Waals surface area contributed by atoms with Crippen LogP contribution in [0.4, 0.5) is 0 Å². The van der Waals surface area contributed by atoms with Gasteiger partial charge in [-0.05, 0) is 13.8 Å². The Hall–Kier alpha value is -1.27. The largest absolute Gasteiger partial charge is 0.415 e. The summed E-state index contributed by atoms with van der Waals surface area (Å²) in [4.78, 5) is 3.90. The first-order chi connectivity index (χ1) is 6.57. The summed E-state index contributed by atoms with van der Waals surface area (Å²) in [6, 6.07) is 0. The first-order valence-corrected chi connectivity index (χ1v) is 4.83. The highest BCUT2D eigenvalue weighted by molar-refractivity contribution is 7.12. The third kappa shape index (κ3) is 1.66. The van der Waals surface area contributed by atoms with Crippen LogP contribution in [0.25, 0.3) is 10.9 Å². The standard InChI is InChI=1S/C8H8N3O2S/c1-8(2,12)7-11-10-5(13-7)6-9-3-4-14-6/h4,12H,1-2H3. The molecule has 1 N–H and O–H groups in total. The van der Waals surface area contributed by atoms with E-state index in [1.165, 1.54) is 11.3 Å². The molecule has 0 aliphatic carbocycles. The van der Waals surface area contributed by atoms with E-state index in [1.54, 1.807) is 19.2 Å². The SMILES string of the molecule is CC(C)(O)c1nnc(-c2n[c]cs2)o1. The van der Waals surface area contributed by atoms with Crippen molar-refractivity contribution in [1.29, 1.82) is 0 Å². The van der Waals surface area contributed by atoms with Crippen molar-refractivity contribution in [3.05, 3.63) is 17.5 Å². The molecule has 0 bridgehead atoms. The van der Waals surface area contributed by atoms with Gasteiger partial charge in [-0.1, -0.05) is 0 Å². The van der Waals surface area contributed by atoms with Crippen LogP contribution in [0.2, 0.25) is 0 Å². The van der Waals surface area contributed by atoms with Gasteiger partial charge in [0.15, 0.2) is 5.01 Å². The van der Waals surface area contributed by atoms with Gasteiger partial charge in [-0.2, -0.15) is 0 Å². The Morgan fingerprint density at radius 3 is 2.79 bits per heavy atom. The number of hydrogen-bond donors (Lipinski definition) is 1. The number of aromatic nitrogens is 3. The van der Waals surface area contributed by atoms with Crippen LogP contribution in [0.5, 0.6) is 0 Å². The second-order valence-corrected chi connectivity index (χ2v) is 4.11. The molecule has 0 unspecified atom stereocenters. The van der Waals surface area contributed by atoms with E-state index < -0.39 is 5.60 Å². The van der Waals surface area contributed by atoms with Gasteiger partial charge >= 0.3 is 0 Å². The van der Waals surface area contributed by atoms with Gasteiger partial charge in [-0.25, -0.2) is 4.98 Å². The Morgan fingerprint density at radius 1 is 1.50 bits per heavy atom. The quantitative estimate of drug-likeness (QED) is 0.806. The molecular weight excluding hydrogens is 202 g/mol. The maximum atomic E-state index is 9.58. The number of thiazole rings is 1. The third-order valence-corrected chi connectivity index (χ3v) is 2.23. The van der Waals surface area contributed by atoms with Crippen LogP contribution in [-0.2, 0) is 5.60 Å². The zero-order chi connectivity index (χ0) is 10.2. The lowest BCUT2D eigenvalue weighted by Gasteiger charge is -2.09. The predicted molar refractivity (Wildman–Crippen MR) is 49.5 cm³/mol. The van der Waals surface area contributed by atoms with Crippen molar-refractivity contribution >= 4 is 11.3 Å². The molecule has 0 saturated carbocycles. The Kier molecular flexibility index (Phi) is 2.09. The third-order valence-electron chi connectivity index (χ3n) is 1.52. The van der Waals surface area contributed by atoms with Crippen LogP contribution in [0.1, 0.15) is 19.7 Å². The van der Waals surface area contributed by atoms with Crippen molar-refractivity contribution in [3.63, 3.8) is 0 Å². The van der Waals surface area contributed by atoms with E-state index >= 15 is 0 Å². The minimum absolute atomic E-state index is 0.183. The van der Waals surface area contributed by atoms with E-state index in [0.29, 0.717) is 10.9 Å². The van der Waals surface area contributed by atoms with Crippen molar-refractivity contribution in [1.82, 2.24) is 15.2 Å². The van der Waals surface area contributed by atoms with Crippen molar-refractivity contribution in [3.8, 4) is 10.9 Å². The lowest BCUT2D eigenvalue weighted by molar-refractivity contribution is 0.0488. The molecule has 0 fully saturated rings. The summed E-state index contributed by atoms with van der Waals surface area (Å²) >= 11 is 1.36. The summed E-state index contributed by atoms with van der Waals surface area (Å²) in [7, 11) is 0. The van der Waals surface area contributed by atoms with Crippen molar-refractivity contribution < 1.29 is 9.52 Å². The van der Waals surface area contributed by atoms with E-state index in [2.05, 4.69) is 21.4 Å². The van der Waals surface area contributed by atoms with E-state index in [0.717, 1.165) is 0 Å². The highest BCUT2D eigenvalue weighted by Gasteiger charge is 2.24. The van der Waals surface area contributed by atoms with Crippen LogP contribution in [0.15, 0.2) is 9.80 Å². The molecule has 14 heavy (non-hydrogen) atoms. The summed E-state index contributed by atoms with van der Waals surface area (Å²) in [6.07, 6.45) is 2.65. The fourth-order valence-corrected chi connectivity index (χ4v) is 1.35. The fraction of sp³-hybridized carbons (Fsp3) is 0.375. The molecule has 0 aliphatic heterocycles. The second-order valence-electron chi connectivity index (χ2n) is 3.25. The van der Waals surface area contributed by atoms with Gasteiger partial charge < -0.3 is 9.52 Å². The van der Waals surface area contributed by atoms with Gasteiger partial charge in [0.1, 0.15) is 11.8 Å². The molecule has 0 amide bonds. The first kappa shape index (κ1) is 9.29. The molecule has 0 spiro atoms. The maximum absolute atomic E-state index is 9.58. The average Bonchev–Trinajstić information content (AvgIpc) is 2.73. The summed E-state index contributed by atoms with van der Waals surface area (Å²) in [5.74, 6) is 0.496. The van der Waals surface area contributed by atoms with Crippen molar-refractivity contribution in [2.24, 2.45) is 0 Å². The normalized spacial score (nSPS) is 11.9. The molecule has 0 aromatic carbocycles. The Morgan fingerprint density at radius 2 is 2.29 bits per heavy atom. The predicted octanol–water partition coefficient (Wildman–Crippen LogP) is 1.22. The second kappa shape index (κ2) is 3.14. The van der Waals surface area contributed by atoms with Gasteiger partial charge in [0, 0.05) is 5.38 Å². The number of aliphatic hydroxyl groups is 1. The summed E-state index contributed by atoms with van der Waals surface area (Å²) < 4.78 is 5.25. The van der Waals surface area contributed by atoms with Crippen molar-refractivity contribution in [2.45, 2.75) is 19.4 Å². The molecular formula is C8H8N3O2S. The molecule has 5 nitrogen and oxygen atoms in total. The Balaban J connectivity index is 2.36. The van der Waals surface area contributed by atoms with E-state index in [4.69, 9.17) is 4.42 Å². The minimum Gasteiger partial charge on any atom is -0.415 e. The summed E-state index contributed by atoms with van der Waals surface area (Å²) in [5.41, 5.74) is -1.12. The molecule has 0 atom stereocenters. The molecule has 1 radical (unpaired) electrons. The number of hydrogen-bond acceptors (Lipinski definition) is 6. The lowest BCUT2D eigenvalue weighted by Crippen LogP contribution is -2.15. The van der Waals surface area contributed by atoms with E-state index in [9.17, 15) is 5.11 Å². The summed E-state index contributed by atoms with van der Waals surface area (Å²) in [6.45, 7) is 3.16. The Bertz CT molecular complexity index is 416. The van der Waals surface area contributed by atoms with Crippen LogP contribution >= 0.6 is 11.3 Å². The molecule has 0 saturated heterocycles. The van der Waals surface area contributed by atoms with Gasteiger partial charge in [0.05, 0.1) is 0 Å². The number of nitrogens with zero attached hydrogens (tertiary/aromatic N) is 3. The van der Waals surface area contributed by atoms with Crippen LogP contribution < -0.4 is 0 Å². The zero-order valence-corrected chi connectivity index (χ0v) is 8.50. The highest BCUT2D eigenvalue weighted by atomic mass is 32.1. The molecule has 2 rings (SSSR count). The average molecular weight is 210 g/mol. The van der Waals surface area contributed by atoms with Crippen LogP contribution in [0.3, 0.4) is 0 Å². The zero-order valence-electron chi connectivity index (χ0n) is 7.68. The van der Waals surface area contributed by atoms with Gasteiger partial charge in [-0.3, -0.25) is 0 Å². The molecule has 0 aliphatic rings. The minimum atomic E-state index is -1.12. The van der Waals surface area contributed by atoms with E-state index in [1.807, 2.05) is 0 Å². The molecule has 6 heteroatoms. The van der Waals surface area contributed by atoms with Gasteiger partial charge in [0.2, 0.25) is 5.89 Å². The molecule has 2 aromatic rings. The summed E-state index contributed by atoms with van der Waals surface area (Å²) in [5, 5.41) is 19.4. The van der Waals surface area contributed by atoms with E-state index in [-0.39, 0.29) is 5.89 Å².